The molecule has 0 aliphatic rings. The summed E-state index contributed by atoms with van der Waals surface area (Å²) in [4.78, 5) is 23.7. The van der Waals surface area contributed by atoms with Gasteiger partial charge < -0.3 is 14.8 Å². The number of nitrogens with one attached hydrogen (secondary N) is 2. The first kappa shape index (κ1) is 19.0. The summed E-state index contributed by atoms with van der Waals surface area (Å²) in [6.45, 7) is 1.76. The Morgan fingerprint density at radius 2 is 1.88 bits per heavy atom. The maximum atomic E-state index is 12.2. The highest BCUT2D eigenvalue weighted by Crippen LogP contribution is 2.29. The molecule has 0 heterocycles. The monoisotopic (exact) mass is 355 g/mol. The molecule has 2 rings (SSSR count). The zero-order valence-corrected chi connectivity index (χ0v) is 14.9. The molecule has 7 heteroatoms. The number of carbonyl (C=O) groups excluding carboxylic acids is 2. The van der Waals surface area contributed by atoms with Gasteiger partial charge in [-0.2, -0.15) is 5.10 Å². The number of benzene rings is 2. The normalized spacial score (nSPS) is 10.4. The summed E-state index contributed by atoms with van der Waals surface area (Å²) >= 11 is 0. The van der Waals surface area contributed by atoms with Gasteiger partial charge in [0.1, 0.15) is 0 Å². The number of rotatable bonds is 7. The summed E-state index contributed by atoms with van der Waals surface area (Å²) in [5.74, 6) is 0.584. The van der Waals surface area contributed by atoms with Crippen molar-refractivity contribution in [1.29, 1.82) is 0 Å². The van der Waals surface area contributed by atoms with E-state index in [2.05, 4.69) is 15.8 Å². The number of nitrogens with zero attached hydrogens (tertiary/aromatic N) is 1. The largest absolute Gasteiger partial charge is 0.493 e. The number of para-hydroxylation sites is 1. The molecule has 0 saturated heterocycles. The molecule has 0 bridgehead atoms. The number of anilines is 1. The smallest absolute Gasteiger partial charge is 0.271 e. The van der Waals surface area contributed by atoms with Gasteiger partial charge in [0.25, 0.3) is 5.91 Å². The van der Waals surface area contributed by atoms with Crippen LogP contribution >= 0.6 is 0 Å². The lowest BCUT2D eigenvalue weighted by Crippen LogP contribution is -2.18. The fourth-order valence-corrected chi connectivity index (χ4v) is 2.23. The van der Waals surface area contributed by atoms with Crippen LogP contribution in [0.1, 0.15) is 29.3 Å². The first-order chi connectivity index (χ1) is 12.6. The third-order valence-electron chi connectivity index (χ3n) is 3.53. The Balaban J connectivity index is 2.08. The van der Waals surface area contributed by atoms with Crippen molar-refractivity contribution < 1.29 is 19.1 Å². The molecule has 136 valence electrons. The van der Waals surface area contributed by atoms with Crippen LogP contribution in [0.25, 0.3) is 0 Å². The third kappa shape index (κ3) is 4.83. The molecule has 0 aliphatic heterocycles. The highest BCUT2D eigenvalue weighted by molar-refractivity contribution is 5.97. The average molecular weight is 355 g/mol. The molecular weight excluding hydrogens is 334 g/mol. The Morgan fingerprint density at radius 3 is 2.58 bits per heavy atom. The maximum absolute atomic E-state index is 12.2. The van der Waals surface area contributed by atoms with Crippen LogP contribution < -0.4 is 20.2 Å². The number of methoxy groups -OCH3 is 2. The van der Waals surface area contributed by atoms with E-state index in [1.807, 2.05) is 0 Å². The predicted octanol–water partition coefficient (Wildman–Crippen LogP) is 2.82. The first-order valence-electron chi connectivity index (χ1n) is 8.03. The number of ether oxygens (including phenoxy) is 2. The molecule has 0 atom stereocenters. The molecule has 0 saturated carbocycles. The van der Waals surface area contributed by atoms with E-state index in [4.69, 9.17) is 9.47 Å². The Kier molecular flexibility index (Phi) is 6.73. The van der Waals surface area contributed by atoms with E-state index in [9.17, 15) is 9.59 Å². The van der Waals surface area contributed by atoms with Gasteiger partial charge in [0.2, 0.25) is 5.91 Å². The zero-order valence-electron chi connectivity index (χ0n) is 14.9. The van der Waals surface area contributed by atoms with Crippen molar-refractivity contribution >= 4 is 23.7 Å². The van der Waals surface area contributed by atoms with Crippen LogP contribution in [-0.4, -0.2) is 32.2 Å². The highest BCUT2D eigenvalue weighted by Gasteiger charge is 2.09. The SMILES string of the molecule is CCC(=O)Nc1cccc(C(=O)NN=Cc2cccc(OC)c2OC)c1. The maximum Gasteiger partial charge on any atom is 0.271 e. The van der Waals surface area contributed by atoms with E-state index in [0.717, 1.165) is 0 Å². The van der Waals surface area contributed by atoms with Crippen LogP contribution in [0, 0.1) is 0 Å². The lowest BCUT2D eigenvalue weighted by molar-refractivity contribution is -0.115. The van der Waals surface area contributed by atoms with Crippen LogP contribution in [0.4, 0.5) is 5.69 Å². The van der Waals surface area contributed by atoms with Crippen molar-refractivity contribution in [3.8, 4) is 11.5 Å². The summed E-state index contributed by atoms with van der Waals surface area (Å²) in [5.41, 5.74) is 4.06. The average Bonchev–Trinajstić information content (AvgIpc) is 2.67. The number of hydrazone groups is 1. The molecule has 0 unspecified atom stereocenters. The highest BCUT2D eigenvalue weighted by atomic mass is 16.5. The third-order valence-corrected chi connectivity index (χ3v) is 3.53. The minimum atomic E-state index is -0.393. The van der Waals surface area contributed by atoms with Crippen LogP contribution in [-0.2, 0) is 4.79 Å². The van der Waals surface area contributed by atoms with Crippen LogP contribution in [0.2, 0.25) is 0 Å². The summed E-state index contributed by atoms with van der Waals surface area (Å²) < 4.78 is 10.5. The van der Waals surface area contributed by atoms with Gasteiger partial charge in [-0.3, -0.25) is 9.59 Å². The molecular formula is C19H21N3O4. The van der Waals surface area contributed by atoms with Crippen LogP contribution in [0.3, 0.4) is 0 Å². The topological polar surface area (TPSA) is 89.0 Å². The van der Waals surface area contributed by atoms with Gasteiger partial charge in [-0.25, -0.2) is 5.43 Å². The van der Waals surface area contributed by atoms with Gasteiger partial charge in [0.15, 0.2) is 11.5 Å². The zero-order chi connectivity index (χ0) is 18.9. The number of hydrogen-bond acceptors (Lipinski definition) is 5. The lowest BCUT2D eigenvalue weighted by atomic mass is 10.2. The number of carbonyl (C=O) groups is 2. The van der Waals surface area contributed by atoms with Crippen LogP contribution in [0.15, 0.2) is 47.6 Å². The van der Waals surface area contributed by atoms with Gasteiger partial charge in [0, 0.05) is 23.2 Å². The van der Waals surface area contributed by atoms with Crippen molar-refractivity contribution in [2.45, 2.75) is 13.3 Å². The lowest BCUT2D eigenvalue weighted by Gasteiger charge is -2.09. The van der Waals surface area contributed by atoms with Crippen molar-refractivity contribution in [1.82, 2.24) is 5.43 Å². The Labute approximate surface area is 152 Å². The van der Waals surface area contributed by atoms with Gasteiger partial charge >= 0.3 is 0 Å². The fraction of sp³-hybridized carbons (Fsp3) is 0.211. The van der Waals surface area contributed by atoms with Crippen molar-refractivity contribution in [2.24, 2.45) is 5.10 Å². The standard InChI is InChI=1S/C19H21N3O4/c1-4-17(23)21-15-9-5-7-13(11-15)19(24)22-20-12-14-8-6-10-16(25-2)18(14)26-3/h5-12H,4H2,1-3H3,(H,21,23)(H,22,24). The molecule has 7 nitrogen and oxygen atoms in total. The summed E-state index contributed by atoms with van der Waals surface area (Å²) in [7, 11) is 3.08. The molecule has 0 radical (unpaired) electrons. The molecule has 0 fully saturated rings. The second-order valence-electron chi connectivity index (χ2n) is 5.26. The van der Waals surface area contributed by atoms with Crippen molar-refractivity contribution in [3.63, 3.8) is 0 Å². The molecule has 0 aromatic heterocycles. The Hall–Kier alpha value is -3.35. The second-order valence-corrected chi connectivity index (χ2v) is 5.26. The Bertz CT molecular complexity index is 818. The van der Waals surface area contributed by atoms with Crippen molar-refractivity contribution in [3.05, 3.63) is 53.6 Å². The Morgan fingerprint density at radius 1 is 1.12 bits per heavy atom. The van der Waals surface area contributed by atoms with Gasteiger partial charge in [0.05, 0.1) is 20.4 Å². The fourth-order valence-electron chi connectivity index (χ4n) is 2.23. The van der Waals surface area contributed by atoms with E-state index >= 15 is 0 Å². The number of hydrogen-bond donors (Lipinski definition) is 2. The molecule has 0 spiro atoms. The quantitative estimate of drug-likeness (QED) is 0.590. The van der Waals surface area contributed by atoms with Gasteiger partial charge in [-0.1, -0.05) is 19.1 Å². The van der Waals surface area contributed by atoms with E-state index < -0.39 is 5.91 Å². The summed E-state index contributed by atoms with van der Waals surface area (Å²) in [6.07, 6.45) is 1.84. The van der Waals surface area contributed by atoms with Crippen LogP contribution in [0.5, 0.6) is 11.5 Å². The second kappa shape index (κ2) is 9.22. The molecule has 2 amide bonds. The first-order valence-corrected chi connectivity index (χ1v) is 8.03. The summed E-state index contributed by atoms with van der Waals surface area (Å²) in [6, 6.07) is 12.0. The molecule has 26 heavy (non-hydrogen) atoms. The predicted molar refractivity (Wildman–Crippen MR) is 100.0 cm³/mol. The van der Waals surface area contributed by atoms with Gasteiger partial charge in [-0.15, -0.1) is 0 Å². The van der Waals surface area contributed by atoms with Crippen molar-refractivity contribution in [2.75, 3.05) is 19.5 Å². The van der Waals surface area contributed by atoms with E-state index in [1.54, 1.807) is 56.5 Å². The molecule has 2 aromatic carbocycles. The minimum absolute atomic E-state index is 0.120. The minimum Gasteiger partial charge on any atom is -0.493 e. The van der Waals surface area contributed by atoms with E-state index in [-0.39, 0.29) is 5.91 Å². The van der Waals surface area contributed by atoms with Gasteiger partial charge in [-0.05, 0) is 30.3 Å². The molecule has 2 N–H and O–H groups in total. The molecule has 0 aliphatic carbocycles. The van der Waals surface area contributed by atoms with E-state index in [1.165, 1.54) is 13.3 Å². The molecule has 2 aromatic rings. The number of amides is 2. The van der Waals surface area contributed by atoms with E-state index in [0.29, 0.717) is 34.7 Å². The summed E-state index contributed by atoms with van der Waals surface area (Å²) in [5, 5.41) is 6.67.